The number of rotatable bonds is 4. The number of furan rings is 1. The summed E-state index contributed by atoms with van der Waals surface area (Å²) in [5.74, 6) is -1.51. The van der Waals surface area contributed by atoms with Gasteiger partial charge in [0.2, 0.25) is 0 Å². The topological polar surface area (TPSA) is 50.5 Å². The molecule has 0 radical (unpaired) electrons. The van der Waals surface area contributed by atoms with Gasteiger partial charge in [0.25, 0.3) is 11.1 Å². The Hall–Kier alpha value is -2.61. The molecule has 1 aliphatic heterocycles. The molecule has 2 heterocycles. The van der Waals surface area contributed by atoms with Gasteiger partial charge in [0.05, 0.1) is 27.1 Å². The van der Waals surface area contributed by atoms with E-state index in [9.17, 15) is 18.4 Å². The number of amides is 2. The number of hydrogen-bond acceptors (Lipinski definition) is 4. The van der Waals surface area contributed by atoms with Crippen molar-refractivity contribution < 1.29 is 22.8 Å². The van der Waals surface area contributed by atoms with Crippen molar-refractivity contribution in [1.29, 1.82) is 0 Å². The molecule has 0 aliphatic carbocycles. The number of carbonyl (C=O) groups is 2. The third-order valence-corrected chi connectivity index (χ3v) is 5.94. The van der Waals surface area contributed by atoms with Gasteiger partial charge in [-0.1, -0.05) is 29.3 Å². The number of hydrogen-bond donors (Lipinski definition) is 0. The second kappa shape index (κ2) is 8.26. The van der Waals surface area contributed by atoms with Crippen molar-refractivity contribution in [1.82, 2.24) is 4.90 Å². The molecular weight excluding hydrogens is 455 g/mol. The van der Waals surface area contributed by atoms with Crippen LogP contribution in [-0.4, -0.2) is 16.0 Å². The zero-order valence-corrected chi connectivity index (χ0v) is 17.3. The zero-order chi connectivity index (χ0) is 21.4. The van der Waals surface area contributed by atoms with Gasteiger partial charge in [-0.15, -0.1) is 0 Å². The summed E-state index contributed by atoms with van der Waals surface area (Å²) < 4.78 is 32.6. The van der Waals surface area contributed by atoms with Crippen LogP contribution in [0.4, 0.5) is 13.6 Å². The molecule has 1 fully saturated rings. The van der Waals surface area contributed by atoms with Crippen molar-refractivity contribution in [2.45, 2.75) is 6.54 Å². The number of thioether (sulfide) groups is 1. The van der Waals surface area contributed by atoms with Crippen molar-refractivity contribution in [2.75, 3.05) is 0 Å². The van der Waals surface area contributed by atoms with Crippen LogP contribution in [-0.2, 0) is 11.3 Å². The van der Waals surface area contributed by atoms with Crippen molar-refractivity contribution in [3.05, 3.63) is 86.4 Å². The predicted molar refractivity (Wildman–Crippen MR) is 112 cm³/mol. The minimum atomic E-state index is -0.766. The highest BCUT2D eigenvalue weighted by atomic mass is 35.5. The van der Waals surface area contributed by atoms with Gasteiger partial charge in [-0.25, -0.2) is 8.78 Å². The van der Waals surface area contributed by atoms with Gasteiger partial charge in [-0.3, -0.25) is 14.5 Å². The van der Waals surface area contributed by atoms with Crippen LogP contribution < -0.4 is 0 Å². The van der Waals surface area contributed by atoms with Crippen LogP contribution >= 0.6 is 35.0 Å². The second-order valence-corrected chi connectivity index (χ2v) is 8.15. The first-order valence-corrected chi connectivity index (χ1v) is 10.1. The highest BCUT2D eigenvalue weighted by molar-refractivity contribution is 8.18. The molecule has 4 rings (SSSR count). The Morgan fingerprint density at radius 2 is 1.80 bits per heavy atom. The first-order valence-electron chi connectivity index (χ1n) is 8.56. The highest BCUT2D eigenvalue weighted by Crippen LogP contribution is 2.35. The lowest BCUT2D eigenvalue weighted by atomic mass is 10.1. The molecule has 2 amide bonds. The molecule has 30 heavy (non-hydrogen) atoms. The number of halogens is 4. The van der Waals surface area contributed by atoms with Gasteiger partial charge in [-0.05, 0) is 53.7 Å². The summed E-state index contributed by atoms with van der Waals surface area (Å²) in [7, 11) is 0. The van der Waals surface area contributed by atoms with E-state index in [1.54, 1.807) is 18.2 Å². The molecule has 0 unspecified atom stereocenters. The molecule has 0 spiro atoms. The Kier molecular flexibility index (Phi) is 5.69. The van der Waals surface area contributed by atoms with Crippen molar-refractivity contribution >= 4 is 52.2 Å². The molecule has 2 aromatic carbocycles. The van der Waals surface area contributed by atoms with E-state index in [2.05, 4.69) is 0 Å². The number of nitrogens with zero attached hydrogens (tertiary/aromatic N) is 1. The third-order valence-electron chi connectivity index (χ3n) is 4.30. The standard InChI is InChI=1S/C21H11Cl2F2NO3S/c22-15-5-1-11(7-16(15)23)10-26-20(27)19(30-21(26)28)9-13-3-6-18(29-13)14-4-2-12(24)8-17(14)25/h1-9H,10H2/b19-9+. The number of carbonyl (C=O) groups excluding carboxylic acids is 2. The monoisotopic (exact) mass is 465 g/mol. The van der Waals surface area contributed by atoms with Crippen LogP contribution in [0.15, 0.2) is 57.9 Å². The lowest BCUT2D eigenvalue weighted by molar-refractivity contribution is -0.123. The molecule has 9 heteroatoms. The smallest absolute Gasteiger partial charge is 0.293 e. The SMILES string of the molecule is O=C1S/C(=C/c2ccc(-c3ccc(F)cc3F)o2)C(=O)N1Cc1ccc(Cl)c(Cl)c1. The van der Waals surface area contributed by atoms with Crippen LogP contribution in [0, 0.1) is 11.6 Å². The molecule has 0 N–H and O–H groups in total. The van der Waals surface area contributed by atoms with Crippen LogP contribution in [0.1, 0.15) is 11.3 Å². The largest absolute Gasteiger partial charge is 0.457 e. The fraction of sp³-hybridized carbons (Fsp3) is 0.0476. The third kappa shape index (κ3) is 4.14. The molecule has 1 aromatic heterocycles. The maximum atomic E-state index is 13.9. The highest BCUT2D eigenvalue weighted by Gasteiger charge is 2.35. The second-order valence-electron chi connectivity index (χ2n) is 6.34. The Bertz CT molecular complexity index is 1210. The molecule has 152 valence electrons. The molecule has 3 aromatic rings. The van der Waals surface area contributed by atoms with Crippen LogP contribution in [0.3, 0.4) is 0 Å². The van der Waals surface area contributed by atoms with Gasteiger partial charge >= 0.3 is 0 Å². The quantitative estimate of drug-likeness (QED) is 0.399. The Labute approximate surface area is 184 Å². The first-order chi connectivity index (χ1) is 14.3. The van der Waals surface area contributed by atoms with Crippen molar-refractivity contribution in [2.24, 2.45) is 0 Å². The first kappa shape index (κ1) is 20.7. The summed E-state index contributed by atoms with van der Waals surface area (Å²) in [5.41, 5.74) is 0.740. The van der Waals surface area contributed by atoms with Crippen molar-refractivity contribution in [3.63, 3.8) is 0 Å². The molecule has 1 saturated heterocycles. The molecule has 4 nitrogen and oxygen atoms in total. The van der Waals surface area contributed by atoms with Crippen LogP contribution in [0.2, 0.25) is 10.0 Å². The summed E-state index contributed by atoms with van der Waals surface area (Å²) in [5, 5.41) is 0.266. The van der Waals surface area contributed by atoms with E-state index < -0.39 is 22.8 Å². The number of imide groups is 1. The molecule has 0 saturated carbocycles. The Morgan fingerprint density at radius 3 is 2.53 bits per heavy atom. The zero-order valence-electron chi connectivity index (χ0n) is 15.0. The minimum absolute atomic E-state index is 0.0447. The lowest BCUT2D eigenvalue weighted by Gasteiger charge is -2.12. The van der Waals surface area contributed by atoms with E-state index in [1.165, 1.54) is 24.3 Å². The number of benzene rings is 2. The predicted octanol–water partition coefficient (Wildman–Crippen LogP) is 6.77. The minimum Gasteiger partial charge on any atom is -0.457 e. The fourth-order valence-corrected chi connectivity index (χ4v) is 3.99. The van der Waals surface area contributed by atoms with E-state index in [0.29, 0.717) is 15.6 Å². The summed E-state index contributed by atoms with van der Waals surface area (Å²) >= 11 is 12.6. The average Bonchev–Trinajstić information content (AvgIpc) is 3.25. The molecule has 1 aliphatic rings. The van der Waals surface area contributed by atoms with Gasteiger partial charge in [0, 0.05) is 12.1 Å². The van der Waals surface area contributed by atoms with Gasteiger partial charge < -0.3 is 4.42 Å². The van der Waals surface area contributed by atoms with Gasteiger partial charge in [0.15, 0.2) is 0 Å². The van der Waals surface area contributed by atoms with E-state index in [-0.39, 0.29) is 28.5 Å². The van der Waals surface area contributed by atoms with E-state index >= 15 is 0 Å². The maximum Gasteiger partial charge on any atom is 0.293 e. The normalized spacial score (nSPS) is 15.5. The Morgan fingerprint density at radius 1 is 1.00 bits per heavy atom. The lowest BCUT2D eigenvalue weighted by Crippen LogP contribution is -2.27. The van der Waals surface area contributed by atoms with Crippen molar-refractivity contribution in [3.8, 4) is 11.3 Å². The average molecular weight is 466 g/mol. The molecule has 0 atom stereocenters. The van der Waals surface area contributed by atoms with Gasteiger partial charge in [-0.2, -0.15) is 0 Å². The summed E-state index contributed by atoms with van der Waals surface area (Å²) in [6.45, 7) is 0.0447. The van der Waals surface area contributed by atoms with E-state index in [0.717, 1.165) is 28.8 Å². The molecule has 0 bridgehead atoms. The van der Waals surface area contributed by atoms with E-state index in [1.807, 2.05) is 0 Å². The summed E-state index contributed by atoms with van der Waals surface area (Å²) in [4.78, 5) is 26.2. The van der Waals surface area contributed by atoms with Gasteiger partial charge in [0.1, 0.15) is 23.2 Å². The Balaban J connectivity index is 1.55. The van der Waals surface area contributed by atoms with E-state index in [4.69, 9.17) is 27.6 Å². The fourth-order valence-electron chi connectivity index (χ4n) is 2.85. The van der Waals surface area contributed by atoms with Crippen LogP contribution in [0.25, 0.3) is 17.4 Å². The van der Waals surface area contributed by atoms with Crippen LogP contribution in [0.5, 0.6) is 0 Å². The summed E-state index contributed by atoms with van der Waals surface area (Å²) in [6, 6.07) is 11.0. The summed E-state index contributed by atoms with van der Waals surface area (Å²) in [6.07, 6.45) is 1.41. The molecular formula is C21H11Cl2F2NO3S. The maximum absolute atomic E-state index is 13.9.